The van der Waals surface area contributed by atoms with E-state index in [1.807, 2.05) is 12.1 Å². The molecule has 0 spiro atoms. The predicted molar refractivity (Wildman–Crippen MR) is 67.0 cm³/mol. The lowest BCUT2D eigenvalue weighted by molar-refractivity contribution is 0.242. The van der Waals surface area contributed by atoms with Crippen molar-refractivity contribution in [2.24, 2.45) is 5.41 Å². The molecule has 3 heteroatoms. The molecule has 2 N–H and O–H groups in total. The van der Waals surface area contributed by atoms with Crippen molar-refractivity contribution in [2.45, 2.75) is 27.2 Å². The Morgan fingerprint density at radius 1 is 1.25 bits per heavy atom. The van der Waals surface area contributed by atoms with E-state index in [-0.39, 0.29) is 5.41 Å². The maximum atomic E-state index is 5.72. The fourth-order valence-corrected chi connectivity index (χ4v) is 1.26. The average Bonchev–Trinajstić information content (AvgIpc) is 2.18. The fraction of sp³-hybridized carbons (Fsp3) is 0.538. The van der Waals surface area contributed by atoms with Crippen LogP contribution in [0.25, 0.3) is 0 Å². The van der Waals surface area contributed by atoms with Gasteiger partial charge in [0.2, 0.25) is 0 Å². The standard InChI is InChI=1S/C13H21NO2/c1-13(2,3)7-8-16-10-5-6-11(14)12(9-10)15-4/h5-6,9H,7-8,14H2,1-4H3. The van der Waals surface area contributed by atoms with Gasteiger partial charge in [-0.15, -0.1) is 0 Å². The van der Waals surface area contributed by atoms with Gasteiger partial charge in [0.1, 0.15) is 11.5 Å². The van der Waals surface area contributed by atoms with Gasteiger partial charge in [0.25, 0.3) is 0 Å². The topological polar surface area (TPSA) is 44.5 Å². The fourth-order valence-electron chi connectivity index (χ4n) is 1.26. The van der Waals surface area contributed by atoms with Crippen LogP contribution in [0.3, 0.4) is 0 Å². The van der Waals surface area contributed by atoms with Crippen LogP contribution in [0.4, 0.5) is 5.69 Å². The summed E-state index contributed by atoms with van der Waals surface area (Å²) >= 11 is 0. The number of ether oxygens (including phenoxy) is 2. The van der Waals surface area contributed by atoms with Crippen LogP contribution in [0, 0.1) is 5.41 Å². The molecule has 0 bridgehead atoms. The summed E-state index contributed by atoms with van der Waals surface area (Å²) in [5.41, 5.74) is 6.64. The highest BCUT2D eigenvalue weighted by atomic mass is 16.5. The highest BCUT2D eigenvalue weighted by Crippen LogP contribution is 2.27. The number of nitrogens with two attached hydrogens (primary N) is 1. The van der Waals surface area contributed by atoms with Crippen LogP contribution >= 0.6 is 0 Å². The van der Waals surface area contributed by atoms with Crippen LogP contribution in [0.1, 0.15) is 27.2 Å². The molecule has 0 aliphatic carbocycles. The van der Waals surface area contributed by atoms with Gasteiger partial charge in [0.15, 0.2) is 0 Å². The van der Waals surface area contributed by atoms with E-state index in [1.165, 1.54) is 0 Å². The number of rotatable bonds is 4. The molecule has 0 aliphatic rings. The first-order chi connectivity index (χ1) is 7.42. The molecule has 90 valence electrons. The highest BCUT2D eigenvalue weighted by molar-refractivity contribution is 5.55. The lowest BCUT2D eigenvalue weighted by Crippen LogP contribution is -2.11. The summed E-state index contributed by atoms with van der Waals surface area (Å²) in [7, 11) is 1.60. The number of nitrogen functional groups attached to an aromatic ring is 1. The van der Waals surface area contributed by atoms with Crippen molar-refractivity contribution >= 4 is 5.69 Å². The molecular formula is C13H21NO2. The Kier molecular flexibility index (Phi) is 4.05. The molecule has 1 aromatic carbocycles. The van der Waals surface area contributed by atoms with Crippen molar-refractivity contribution in [3.05, 3.63) is 18.2 Å². The van der Waals surface area contributed by atoms with Crippen LogP contribution in [0.5, 0.6) is 11.5 Å². The smallest absolute Gasteiger partial charge is 0.145 e. The van der Waals surface area contributed by atoms with Crippen LogP contribution in [0.15, 0.2) is 18.2 Å². The molecule has 0 aromatic heterocycles. The zero-order valence-corrected chi connectivity index (χ0v) is 10.5. The third kappa shape index (κ3) is 4.01. The molecule has 0 saturated carbocycles. The van der Waals surface area contributed by atoms with E-state index in [4.69, 9.17) is 15.2 Å². The maximum Gasteiger partial charge on any atom is 0.145 e. The Bertz CT molecular complexity index is 342. The van der Waals surface area contributed by atoms with Gasteiger partial charge in [0.05, 0.1) is 19.4 Å². The minimum absolute atomic E-state index is 0.290. The zero-order chi connectivity index (χ0) is 12.2. The molecule has 16 heavy (non-hydrogen) atoms. The largest absolute Gasteiger partial charge is 0.494 e. The van der Waals surface area contributed by atoms with Gasteiger partial charge in [-0.2, -0.15) is 0 Å². The van der Waals surface area contributed by atoms with E-state index < -0.39 is 0 Å². The molecule has 1 rings (SSSR count). The van der Waals surface area contributed by atoms with E-state index in [2.05, 4.69) is 20.8 Å². The summed E-state index contributed by atoms with van der Waals surface area (Å²) in [5.74, 6) is 1.46. The number of methoxy groups -OCH3 is 1. The van der Waals surface area contributed by atoms with Crippen molar-refractivity contribution in [1.29, 1.82) is 0 Å². The second-order valence-electron chi connectivity index (χ2n) is 5.06. The number of benzene rings is 1. The van der Waals surface area contributed by atoms with Gasteiger partial charge in [-0.3, -0.25) is 0 Å². The third-order valence-electron chi connectivity index (χ3n) is 2.33. The quantitative estimate of drug-likeness (QED) is 0.798. The van der Waals surface area contributed by atoms with Crippen molar-refractivity contribution in [1.82, 2.24) is 0 Å². The van der Waals surface area contributed by atoms with E-state index >= 15 is 0 Å². The second-order valence-corrected chi connectivity index (χ2v) is 5.06. The zero-order valence-electron chi connectivity index (χ0n) is 10.5. The summed E-state index contributed by atoms with van der Waals surface area (Å²) < 4.78 is 10.8. The molecule has 1 aromatic rings. The van der Waals surface area contributed by atoms with Crippen LogP contribution < -0.4 is 15.2 Å². The first-order valence-corrected chi connectivity index (χ1v) is 5.49. The molecule has 3 nitrogen and oxygen atoms in total. The van der Waals surface area contributed by atoms with Gasteiger partial charge in [-0.05, 0) is 24.0 Å². The third-order valence-corrected chi connectivity index (χ3v) is 2.33. The van der Waals surface area contributed by atoms with Crippen molar-refractivity contribution in [2.75, 3.05) is 19.5 Å². The molecule has 0 radical (unpaired) electrons. The summed E-state index contributed by atoms with van der Waals surface area (Å²) in [5, 5.41) is 0. The molecule has 0 unspecified atom stereocenters. The summed E-state index contributed by atoms with van der Waals surface area (Å²) in [6.07, 6.45) is 1.01. The Morgan fingerprint density at radius 2 is 1.94 bits per heavy atom. The van der Waals surface area contributed by atoms with Gasteiger partial charge in [-0.1, -0.05) is 20.8 Å². The van der Waals surface area contributed by atoms with E-state index in [0.717, 1.165) is 12.2 Å². The summed E-state index contributed by atoms with van der Waals surface area (Å²) in [6, 6.07) is 5.48. The van der Waals surface area contributed by atoms with Crippen LogP contribution in [0.2, 0.25) is 0 Å². The van der Waals surface area contributed by atoms with Gasteiger partial charge in [-0.25, -0.2) is 0 Å². The first-order valence-electron chi connectivity index (χ1n) is 5.49. The molecule has 0 amide bonds. The average molecular weight is 223 g/mol. The Hall–Kier alpha value is -1.38. The second kappa shape index (κ2) is 5.10. The molecule has 0 fully saturated rings. The molecule has 0 atom stereocenters. The number of hydrogen-bond donors (Lipinski definition) is 1. The first kappa shape index (κ1) is 12.7. The predicted octanol–water partition coefficient (Wildman–Crippen LogP) is 3.09. The minimum atomic E-state index is 0.290. The maximum absolute atomic E-state index is 5.72. The van der Waals surface area contributed by atoms with E-state index in [9.17, 15) is 0 Å². The number of anilines is 1. The summed E-state index contributed by atoms with van der Waals surface area (Å²) in [6.45, 7) is 7.29. The molecular weight excluding hydrogens is 202 g/mol. The Morgan fingerprint density at radius 3 is 2.50 bits per heavy atom. The SMILES string of the molecule is COc1cc(OCCC(C)(C)C)ccc1N. The van der Waals surface area contributed by atoms with Crippen LogP contribution in [-0.4, -0.2) is 13.7 Å². The highest BCUT2D eigenvalue weighted by Gasteiger charge is 2.10. The Labute approximate surface area is 97.6 Å². The monoisotopic (exact) mass is 223 g/mol. The normalized spacial score (nSPS) is 11.2. The lowest BCUT2D eigenvalue weighted by Gasteiger charge is -2.18. The van der Waals surface area contributed by atoms with Gasteiger partial charge < -0.3 is 15.2 Å². The van der Waals surface area contributed by atoms with Crippen molar-refractivity contribution in [3.63, 3.8) is 0 Å². The van der Waals surface area contributed by atoms with Gasteiger partial charge >= 0.3 is 0 Å². The van der Waals surface area contributed by atoms with E-state index in [0.29, 0.717) is 18.0 Å². The van der Waals surface area contributed by atoms with Crippen LogP contribution in [-0.2, 0) is 0 Å². The van der Waals surface area contributed by atoms with Gasteiger partial charge in [0, 0.05) is 6.07 Å². The molecule has 0 aliphatic heterocycles. The molecule has 0 heterocycles. The Balaban J connectivity index is 2.55. The molecule has 0 saturated heterocycles. The van der Waals surface area contributed by atoms with Crippen molar-refractivity contribution in [3.8, 4) is 11.5 Å². The summed E-state index contributed by atoms with van der Waals surface area (Å²) in [4.78, 5) is 0. The number of hydrogen-bond acceptors (Lipinski definition) is 3. The minimum Gasteiger partial charge on any atom is -0.494 e. The lowest BCUT2D eigenvalue weighted by atomic mass is 9.93. The van der Waals surface area contributed by atoms with Crippen molar-refractivity contribution < 1.29 is 9.47 Å². The van der Waals surface area contributed by atoms with E-state index in [1.54, 1.807) is 13.2 Å².